The predicted molar refractivity (Wildman–Crippen MR) is 70.1 cm³/mol. The molecule has 0 heterocycles. The zero-order valence-electron chi connectivity index (χ0n) is 9.55. The smallest absolute Gasteiger partial charge is 0.0297 e. The van der Waals surface area contributed by atoms with E-state index in [2.05, 4.69) is 66.8 Å². The van der Waals surface area contributed by atoms with Gasteiger partial charge in [-0.2, -0.15) is 0 Å². The minimum Gasteiger partial charge on any atom is -0.304 e. The molecule has 0 saturated carbocycles. The van der Waals surface area contributed by atoms with Crippen LogP contribution in [0.3, 0.4) is 0 Å². The standard InChI is InChI=1S/C13H18BrN/c1-5-10(3)15-11(4)12-6-7-13(14)9(2)8-12/h5-8,10-11,15H,1H2,2-4H3. The molecule has 1 N–H and O–H groups in total. The Hall–Kier alpha value is -0.600. The summed E-state index contributed by atoms with van der Waals surface area (Å²) in [6, 6.07) is 7.14. The van der Waals surface area contributed by atoms with E-state index in [1.54, 1.807) is 0 Å². The molecule has 0 radical (unpaired) electrons. The van der Waals surface area contributed by atoms with Gasteiger partial charge in [-0.1, -0.05) is 34.1 Å². The van der Waals surface area contributed by atoms with Gasteiger partial charge in [0.1, 0.15) is 0 Å². The van der Waals surface area contributed by atoms with Crippen molar-refractivity contribution < 1.29 is 0 Å². The first-order chi connectivity index (χ1) is 7.04. The molecular weight excluding hydrogens is 250 g/mol. The second-order valence-electron chi connectivity index (χ2n) is 3.92. The topological polar surface area (TPSA) is 12.0 Å². The van der Waals surface area contributed by atoms with Crippen LogP contribution in [0.25, 0.3) is 0 Å². The number of aryl methyl sites for hydroxylation is 1. The van der Waals surface area contributed by atoms with E-state index in [-0.39, 0.29) is 0 Å². The van der Waals surface area contributed by atoms with Crippen molar-refractivity contribution in [2.75, 3.05) is 0 Å². The summed E-state index contributed by atoms with van der Waals surface area (Å²) in [4.78, 5) is 0. The van der Waals surface area contributed by atoms with Crippen LogP contribution in [-0.4, -0.2) is 6.04 Å². The maximum absolute atomic E-state index is 3.77. The van der Waals surface area contributed by atoms with Gasteiger partial charge < -0.3 is 5.32 Å². The summed E-state index contributed by atoms with van der Waals surface area (Å²) in [6.07, 6.45) is 1.92. The maximum atomic E-state index is 3.77. The lowest BCUT2D eigenvalue weighted by Gasteiger charge is -2.18. The van der Waals surface area contributed by atoms with Gasteiger partial charge in [0.2, 0.25) is 0 Å². The van der Waals surface area contributed by atoms with Gasteiger partial charge in [0.15, 0.2) is 0 Å². The van der Waals surface area contributed by atoms with Gasteiger partial charge in [-0.3, -0.25) is 0 Å². The zero-order chi connectivity index (χ0) is 11.4. The SMILES string of the molecule is C=CC(C)NC(C)c1ccc(Br)c(C)c1. The monoisotopic (exact) mass is 267 g/mol. The summed E-state index contributed by atoms with van der Waals surface area (Å²) in [5.41, 5.74) is 2.58. The average Bonchev–Trinajstić information content (AvgIpc) is 2.21. The molecule has 0 spiro atoms. The predicted octanol–water partition coefficient (Wildman–Crippen LogP) is 3.98. The molecule has 1 nitrogen and oxygen atoms in total. The van der Waals surface area contributed by atoms with Crippen molar-refractivity contribution in [2.45, 2.75) is 32.9 Å². The van der Waals surface area contributed by atoms with Gasteiger partial charge in [-0.15, -0.1) is 6.58 Å². The molecule has 0 amide bonds. The van der Waals surface area contributed by atoms with Gasteiger partial charge in [-0.25, -0.2) is 0 Å². The molecule has 1 aromatic rings. The Bertz CT molecular complexity index is 346. The van der Waals surface area contributed by atoms with Crippen molar-refractivity contribution in [1.82, 2.24) is 5.32 Å². The molecule has 0 saturated heterocycles. The largest absolute Gasteiger partial charge is 0.304 e. The Labute approximate surface area is 101 Å². The Morgan fingerprint density at radius 2 is 2.07 bits per heavy atom. The summed E-state index contributed by atoms with van der Waals surface area (Å²) in [7, 11) is 0. The van der Waals surface area contributed by atoms with Crippen LogP contribution < -0.4 is 5.32 Å². The third-order valence-electron chi connectivity index (χ3n) is 2.55. The van der Waals surface area contributed by atoms with Crippen LogP contribution in [0.4, 0.5) is 0 Å². The normalized spacial score (nSPS) is 14.7. The highest BCUT2D eigenvalue weighted by Gasteiger charge is 2.07. The van der Waals surface area contributed by atoms with Crippen molar-refractivity contribution in [3.05, 3.63) is 46.5 Å². The fourth-order valence-electron chi connectivity index (χ4n) is 1.50. The van der Waals surface area contributed by atoms with Crippen molar-refractivity contribution >= 4 is 15.9 Å². The first kappa shape index (κ1) is 12.5. The first-order valence-electron chi connectivity index (χ1n) is 5.19. The minimum atomic E-state index is 0.337. The third-order valence-corrected chi connectivity index (χ3v) is 3.44. The van der Waals surface area contributed by atoms with Gasteiger partial charge >= 0.3 is 0 Å². The molecule has 2 unspecified atom stereocenters. The van der Waals surface area contributed by atoms with E-state index in [1.807, 2.05) is 6.08 Å². The van der Waals surface area contributed by atoms with Crippen molar-refractivity contribution in [3.63, 3.8) is 0 Å². The van der Waals surface area contributed by atoms with Crippen molar-refractivity contribution in [3.8, 4) is 0 Å². The first-order valence-corrected chi connectivity index (χ1v) is 5.98. The summed E-state index contributed by atoms with van der Waals surface area (Å²) in [5, 5.41) is 3.46. The van der Waals surface area contributed by atoms with Crippen LogP contribution >= 0.6 is 15.9 Å². The highest BCUT2D eigenvalue weighted by Crippen LogP contribution is 2.21. The lowest BCUT2D eigenvalue weighted by Crippen LogP contribution is -2.26. The Kier molecular flexibility index (Phi) is 4.55. The molecule has 1 rings (SSSR count). The van der Waals surface area contributed by atoms with Crippen molar-refractivity contribution in [1.29, 1.82) is 0 Å². The van der Waals surface area contributed by atoms with E-state index >= 15 is 0 Å². The Morgan fingerprint density at radius 1 is 1.40 bits per heavy atom. The molecule has 0 bridgehead atoms. The summed E-state index contributed by atoms with van der Waals surface area (Å²) in [5.74, 6) is 0. The van der Waals surface area contributed by atoms with Gasteiger partial charge in [0, 0.05) is 16.6 Å². The fraction of sp³-hybridized carbons (Fsp3) is 0.385. The molecule has 0 aliphatic heterocycles. The molecule has 2 atom stereocenters. The second-order valence-corrected chi connectivity index (χ2v) is 4.78. The molecule has 2 heteroatoms. The van der Waals surface area contributed by atoms with Gasteiger partial charge in [0.25, 0.3) is 0 Å². The molecule has 15 heavy (non-hydrogen) atoms. The molecule has 0 fully saturated rings. The molecule has 1 aromatic carbocycles. The Balaban J connectivity index is 2.77. The zero-order valence-corrected chi connectivity index (χ0v) is 11.1. The van der Waals surface area contributed by atoms with Gasteiger partial charge in [0.05, 0.1) is 0 Å². The number of nitrogens with one attached hydrogen (secondary N) is 1. The van der Waals surface area contributed by atoms with Crippen LogP contribution in [0.2, 0.25) is 0 Å². The van der Waals surface area contributed by atoms with Crippen LogP contribution in [0.5, 0.6) is 0 Å². The van der Waals surface area contributed by atoms with E-state index in [9.17, 15) is 0 Å². The molecule has 82 valence electrons. The van der Waals surface area contributed by atoms with Crippen LogP contribution in [0, 0.1) is 6.92 Å². The highest BCUT2D eigenvalue weighted by atomic mass is 79.9. The molecular formula is C13H18BrN. The lowest BCUT2D eigenvalue weighted by molar-refractivity contribution is 0.537. The molecule has 0 aliphatic rings. The van der Waals surface area contributed by atoms with E-state index in [4.69, 9.17) is 0 Å². The van der Waals surface area contributed by atoms with E-state index in [1.165, 1.54) is 11.1 Å². The molecule has 0 aliphatic carbocycles. The minimum absolute atomic E-state index is 0.337. The van der Waals surface area contributed by atoms with E-state index < -0.39 is 0 Å². The number of benzene rings is 1. The van der Waals surface area contributed by atoms with E-state index in [0.717, 1.165) is 4.47 Å². The highest BCUT2D eigenvalue weighted by molar-refractivity contribution is 9.10. The second kappa shape index (κ2) is 5.47. The van der Waals surface area contributed by atoms with E-state index in [0.29, 0.717) is 12.1 Å². The quantitative estimate of drug-likeness (QED) is 0.814. The summed E-state index contributed by atoms with van der Waals surface area (Å²) < 4.78 is 1.16. The third kappa shape index (κ3) is 3.47. The summed E-state index contributed by atoms with van der Waals surface area (Å²) >= 11 is 3.51. The van der Waals surface area contributed by atoms with Crippen LogP contribution in [-0.2, 0) is 0 Å². The van der Waals surface area contributed by atoms with Gasteiger partial charge in [-0.05, 0) is 38.0 Å². The molecule has 0 aromatic heterocycles. The average molecular weight is 268 g/mol. The van der Waals surface area contributed by atoms with Crippen LogP contribution in [0.1, 0.15) is 31.0 Å². The number of hydrogen-bond donors (Lipinski definition) is 1. The Morgan fingerprint density at radius 3 is 2.60 bits per heavy atom. The number of rotatable bonds is 4. The fourth-order valence-corrected chi connectivity index (χ4v) is 1.74. The lowest BCUT2D eigenvalue weighted by atomic mass is 10.1. The van der Waals surface area contributed by atoms with Crippen molar-refractivity contribution in [2.24, 2.45) is 0 Å². The number of hydrogen-bond acceptors (Lipinski definition) is 1. The number of halogens is 1. The maximum Gasteiger partial charge on any atom is 0.0297 e. The van der Waals surface area contributed by atoms with Crippen LogP contribution in [0.15, 0.2) is 35.3 Å². The summed E-state index contributed by atoms with van der Waals surface area (Å²) in [6.45, 7) is 10.2.